The number of benzene rings is 2. The predicted molar refractivity (Wildman–Crippen MR) is 126 cm³/mol. The number of carbonyl (C=O) groups is 2. The van der Waals surface area contributed by atoms with Gasteiger partial charge in [0.15, 0.2) is 0 Å². The monoisotopic (exact) mass is 445 g/mol. The van der Waals surface area contributed by atoms with E-state index in [0.29, 0.717) is 11.3 Å². The average molecular weight is 446 g/mol. The first kappa shape index (κ1) is 22.6. The van der Waals surface area contributed by atoms with Gasteiger partial charge in [0.1, 0.15) is 11.9 Å². The number of aromatic nitrogens is 1. The summed E-state index contributed by atoms with van der Waals surface area (Å²) < 4.78 is 14.2. The summed E-state index contributed by atoms with van der Waals surface area (Å²) in [4.78, 5) is 32.8. The fraction of sp³-hybridized carbons (Fsp3) is 0.296. The standard InChI is InChI=1S/C27H28FN3O2/c28-22-12-7-15-24(18-22)31(25(32)17-20-9-8-16-29-19-20)26(21-10-3-1-4-11-21)27(33)30-23-13-5-2-6-14-23/h1,3-4,7-12,15-16,18-19,23,26H,2,5-6,13-14,17H2,(H,30,33). The lowest BCUT2D eigenvalue weighted by molar-refractivity contribution is -0.127. The first-order chi connectivity index (χ1) is 16.1. The van der Waals surface area contributed by atoms with Crippen LogP contribution in [0.3, 0.4) is 0 Å². The van der Waals surface area contributed by atoms with Crippen molar-refractivity contribution in [2.24, 2.45) is 0 Å². The van der Waals surface area contributed by atoms with Crippen LogP contribution in [0.2, 0.25) is 0 Å². The van der Waals surface area contributed by atoms with E-state index in [0.717, 1.165) is 31.2 Å². The third kappa shape index (κ3) is 5.83. The van der Waals surface area contributed by atoms with E-state index in [-0.39, 0.29) is 24.3 Å². The minimum atomic E-state index is -0.918. The Kier molecular flexibility index (Phi) is 7.45. The highest BCUT2D eigenvalue weighted by molar-refractivity contribution is 6.02. The smallest absolute Gasteiger partial charge is 0.248 e. The van der Waals surface area contributed by atoms with Gasteiger partial charge in [0, 0.05) is 24.1 Å². The molecule has 0 spiro atoms. The zero-order valence-corrected chi connectivity index (χ0v) is 18.5. The molecule has 0 saturated heterocycles. The molecule has 1 N–H and O–H groups in total. The zero-order valence-electron chi connectivity index (χ0n) is 18.5. The summed E-state index contributed by atoms with van der Waals surface area (Å²) in [6, 6.07) is 17.8. The minimum Gasteiger partial charge on any atom is -0.351 e. The van der Waals surface area contributed by atoms with Crippen LogP contribution in [0.1, 0.15) is 49.3 Å². The van der Waals surface area contributed by atoms with Gasteiger partial charge in [-0.1, -0.05) is 61.7 Å². The molecule has 170 valence electrons. The number of nitrogens with zero attached hydrogens (tertiary/aromatic N) is 2. The summed E-state index contributed by atoms with van der Waals surface area (Å²) in [5.41, 5.74) is 1.74. The Morgan fingerprint density at radius 1 is 1.00 bits per heavy atom. The van der Waals surface area contributed by atoms with Crippen LogP contribution in [-0.2, 0) is 16.0 Å². The molecule has 1 aliphatic rings. The molecule has 2 aromatic carbocycles. The van der Waals surface area contributed by atoms with Crippen molar-refractivity contribution in [3.63, 3.8) is 0 Å². The number of pyridine rings is 1. The van der Waals surface area contributed by atoms with Crippen molar-refractivity contribution in [2.45, 2.75) is 50.6 Å². The van der Waals surface area contributed by atoms with Crippen LogP contribution in [0.15, 0.2) is 79.1 Å². The zero-order chi connectivity index (χ0) is 23.0. The lowest BCUT2D eigenvalue weighted by atomic mass is 9.94. The van der Waals surface area contributed by atoms with Crippen LogP contribution in [0.5, 0.6) is 0 Å². The van der Waals surface area contributed by atoms with Gasteiger partial charge in [0.2, 0.25) is 11.8 Å². The van der Waals surface area contributed by atoms with Crippen molar-refractivity contribution >= 4 is 17.5 Å². The summed E-state index contributed by atoms with van der Waals surface area (Å²) in [6.45, 7) is 0. The van der Waals surface area contributed by atoms with Gasteiger partial charge in [0.25, 0.3) is 0 Å². The number of amides is 2. The van der Waals surface area contributed by atoms with Gasteiger partial charge in [-0.15, -0.1) is 0 Å². The molecule has 0 aliphatic heterocycles. The van der Waals surface area contributed by atoms with Crippen LogP contribution in [0.4, 0.5) is 10.1 Å². The molecule has 33 heavy (non-hydrogen) atoms. The molecule has 5 nitrogen and oxygen atoms in total. The Balaban J connectivity index is 1.73. The van der Waals surface area contributed by atoms with E-state index in [1.54, 1.807) is 30.6 Å². The van der Waals surface area contributed by atoms with E-state index in [9.17, 15) is 14.0 Å². The Hall–Kier alpha value is -3.54. The number of hydrogen-bond acceptors (Lipinski definition) is 3. The maximum absolute atomic E-state index is 14.2. The van der Waals surface area contributed by atoms with Crippen LogP contribution in [-0.4, -0.2) is 22.8 Å². The van der Waals surface area contributed by atoms with Crippen molar-refractivity contribution < 1.29 is 14.0 Å². The van der Waals surface area contributed by atoms with E-state index in [2.05, 4.69) is 10.3 Å². The fourth-order valence-corrected chi connectivity index (χ4v) is 4.41. The highest BCUT2D eigenvalue weighted by atomic mass is 19.1. The highest BCUT2D eigenvalue weighted by Crippen LogP contribution is 2.30. The lowest BCUT2D eigenvalue weighted by Gasteiger charge is -2.33. The molecule has 4 rings (SSSR count). The molecule has 1 saturated carbocycles. The molecule has 1 heterocycles. The Labute approximate surface area is 193 Å². The second kappa shape index (κ2) is 10.9. The molecule has 3 aromatic rings. The maximum Gasteiger partial charge on any atom is 0.248 e. The van der Waals surface area contributed by atoms with E-state index in [4.69, 9.17) is 0 Å². The topological polar surface area (TPSA) is 62.3 Å². The molecule has 1 fully saturated rings. The van der Waals surface area contributed by atoms with Crippen LogP contribution in [0.25, 0.3) is 0 Å². The number of rotatable bonds is 7. The van der Waals surface area contributed by atoms with Crippen molar-refractivity contribution in [1.29, 1.82) is 0 Å². The quantitative estimate of drug-likeness (QED) is 0.558. The van der Waals surface area contributed by atoms with E-state index < -0.39 is 11.9 Å². The highest BCUT2D eigenvalue weighted by Gasteiger charge is 2.34. The number of carbonyl (C=O) groups excluding carboxylic acids is 2. The van der Waals surface area contributed by atoms with Crippen molar-refractivity contribution in [3.05, 3.63) is 96.1 Å². The molecule has 0 bridgehead atoms. The largest absolute Gasteiger partial charge is 0.351 e. The first-order valence-electron chi connectivity index (χ1n) is 11.4. The molecule has 1 aromatic heterocycles. The summed E-state index contributed by atoms with van der Waals surface area (Å²) in [5.74, 6) is -1.02. The number of halogens is 1. The van der Waals surface area contributed by atoms with Gasteiger partial charge < -0.3 is 5.32 Å². The summed E-state index contributed by atoms with van der Waals surface area (Å²) in [5, 5.41) is 3.16. The fourth-order valence-electron chi connectivity index (χ4n) is 4.41. The van der Waals surface area contributed by atoms with E-state index >= 15 is 0 Å². The third-order valence-electron chi connectivity index (χ3n) is 6.01. The van der Waals surface area contributed by atoms with E-state index in [1.165, 1.54) is 23.5 Å². The summed E-state index contributed by atoms with van der Waals surface area (Å²) >= 11 is 0. The van der Waals surface area contributed by atoms with Crippen LogP contribution in [0, 0.1) is 5.82 Å². The molecular weight excluding hydrogens is 417 g/mol. The van der Waals surface area contributed by atoms with E-state index in [1.807, 2.05) is 36.4 Å². The molecule has 1 atom stereocenters. The Morgan fingerprint density at radius 2 is 1.79 bits per heavy atom. The van der Waals surface area contributed by atoms with Gasteiger partial charge in [-0.2, -0.15) is 0 Å². The van der Waals surface area contributed by atoms with Gasteiger partial charge in [-0.3, -0.25) is 19.5 Å². The third-order valence-corrected chi connectivity index (χ3v) is 6.01. The second-order valence-corrected chi connectivity index (χ2v) is 8.44. The second-order valence-electron chi connectivity index (χ2n) is 8.44. The van der Waals surface area contributed by atoms with Crippen LogP contribution >= 0.6 is 0 Å². The van der Waals surface area contributed by atoms with Crippen molar-refractivity contribution in [2.75, 3.05) is 4.90 Å². The lowest BCUT2D eigenvalue weighted by Crippen LogP contribution is -2.47. The molecule has 1 aliphatic carbocycles. The van der Waals surface area contributed by atoms with Gasteiger partial charge in [0.05, 0.1) is 6.42 Å². The number of nitrogens with one attached hydrogen (secondary N) is 1. The number of hydrogen-bond donors (Lipinski definition) is 1. The molecule has 1 unspecified atom stereocenters. The van der Waals surface area contributed by atoms with Crippen LogP contribution < -0.4 is 10.2 Å². The summed E-state index contributed by atoms with van der Waals surface area (Å²) in [7, 11) is 0. The minimum absolute atomic E-state index is 0.0460. The normalized spacial score (nSPS) is 14.9. The van der Waals surface area contributed by atoms with Crippen molar-refractivity contribution in [3.8, 4) is 0 Å². The summed E-state index contributed by atoms with van der Waals surface area (Å²) in [6.07, 6.45) is 8.50. The van der Waals surface area contributed by atoms with Gasteiger partial charge in [-0.25, -0.2) is 4.39 Å². The molecule has 6 heteroatoms. The van der Waals surface area contributed by atoms with Gasteiger partial charge >= 0.3 is 0 Å². The van der Waals surface area contributed by atoms with Crippen molar-refractivity contribution in [1.82, 2.24) is 10.3 Å². The maximum atomic E-state index is 14.2. The molecule has 0 radical (unpaired) electrons. The average Bonchev–Trinajstić information content (AvgIpc) is 2.84. The SMILES string of the molecule is O=C(NC1CCCCC1)C(c1ccccc1)N(C(=O)Cc1cccnc1)c1cccc(F)c1. The Morgan fingerprint density at radius 3 is 2.48 bits per heavy atom. The Bertz CT molecular complexity index is 1070. The number of anilines is 1. The van der Waals surface area contributed by atoms with Gasteiger partial charge in [-0.05, 0) is 48.2 Å². The molecular formula is C27H28FN3O2. The molecule has 2 amide bonds. The predicted octanol–water partition coefficient (Wildman–Crippen LogP) is 4.99. The first-order valence-corrected chi connectivity index (χ1v) is 11.4.